The fourth-order valence-corrected chi connectivity index (χ4v) is 1.28. The number of hydrogen-bond acceptors (Lipinski definition) is 1. The standard InChI is InChI=1S/C11H11ClF2O/c12-4-2-1-3-8-5-10(13)9(7-15)11(14)6-8/h1,3,5-6,15H,2,4,7H2. The normalized spacial score (nSPS) is 11.2. The van der Waals surface area contributed by atoms with Gasteiger partial charge in [0.25, 0.3) is 0 Å². The van der Waals surface area contributed by atoms with Gasteiger partial charge in [0.15, 0.2) is 0 Å². The lowest BCUT2D eigenvalue weighted by Gasteiger charge is -2.02. The van der Waals surface area contributed by atoms with Crippen LogP contribution in [0.4, 0.5) is 8.78 Å². The van der Waals surface area contributed by atoms with Gasteiger partial charge >= 0.3 is 0 Å². The monoisotopic (exact) mass is 232 g/mol. The van der Waals surface area contributed by atoms with Crippen LogP contribution in [-0.2, 0) is 6.61 Å². The van der Waals surface area contributed by atoms with Crippen molar-refractivity contribution in [3.63, 3.8) is 0 Å². The maximum atomic E-state index is 13.2. The maximum absolute atomic E-state index is 13.2. The summed E-state index contributed by atoms with van der Waals surface area (Å²) >= 11 is 5.45. The van der Waals surface area contributed by atoms with Crippen LogP contribution in [-0.4, -0.2) is 11.0 Å². The van der Waals surface area contributed by atoms with Crippen molar-refractivity contribution >= 4 is 17.7 Å². The molecule has 0 bridgehead atoms. The Morgan fingerprint density at radius 3 is 2.33 bits per heavy atom. The van der Waals surface area contributed by atoms with E-state index in [9.17, 15) is 8.78 Å². The second-order valence-corrected chi connectivity index (χ2v) is 3.38. The summed E-state index contributed by atoms with van der Waals surface area (Å²) in [6.07, 6.45) is 3.97. The summed E-state index contributed by atoms with van der Waals surface area (Å²) in [5.41, 5.74) is 0.122. The summed E-state index contributed by atoms with van der Waals surface area (Å²) in [4.78, 5) is 0. The van der Waals surface area contributed by atoms with Gasteiger partial charge < -0.3 is 5.11 Å². The van der Waals surface area contributed by atoms with Gasteiger partial charge in [-0.25, -0.2) is 8.78 Å². The van der Waals surface area contributed by atoms with Crippen molar-refractivity contribution in [2.75, 3.05) is 5.88 Å². The topological polar surface area (TPSA) is 20.2 Å². The number of aliphatic hydroxyl groups is 1. The van der Waals surface area contributed by atoms with Crippen LogP contribution in [0.15, 0.2) is 18.2 Å². The molecule has 4 heteroatoms. The smallest absolute Gasteiger partial charge is 0.132 e. The van der Waals surface area contributed by atoms with E-state index in [-0.39, 0.29) is 5.56 Å². The average molecular weight is 233 g/mol. The second kappa shape index (κ2) is 5.83. The summed E-state index contributed by atoms with van der Waals surface area (Å²) in [5.74, 6) is -0.998. The fraction of sp³-hybridized carbons (Fsp3) is 0.273. The summed E-state index contributed by atoms with van der Waals surface area (Å²) in [7, 11) is 0. The van der Waals surface area contributed by atoms with Crippen molar-refractivity contribution in [3.8, 4) is 0 Å². The Morgan fingerprint density at radius 1 is 1.27 bits per heavy atom. The third kappa shape index (κ3) is 3.29. The molecule has 1 rings (SSSR count). The summed E-state index contributed by atoms with van der Waals surface area (Å²) in [6.45, 7) is -0.636. The zero-order chi connectivity index (χ0) is 11.3. The van der Waals surface area contributed by atoms with E-state index in [4.69, 9.17) is 16.7 Å². The summed E-state index contributed by atoms with van der Waals surface area (Å²) in [5, 5.41) is 8.69. The highest BCUT2D eigenvalue weighted by Gasteiger charge is 2.08. The largest absolute Gasteiger partial charge is 0.391 e. The Balaban J connectivity index is 2.93. The molecule has 0 spiro atoms. The zero-order valence-electron chi connectivity index (χ0n) is 8.01. The van der Waals surface area contributed by atoms with E-state index < -0.39 is 18.2 Å². The first-order valence-electron chi connectivity index (χ1n) is 4.50. The van der Waals surface area contributed by atoms with Crippen LogP contribution in [0.5, 0.6) is 0 Å². The van der Waals surface area contributed by atoms with Crippen molar-refractivity contribution in [2.45, 2.75) is 13.0 Å². The van der Waals surface area contributed by atoms with Crippen molar-refractivity contribution in [1.29, 1.82) is 0 Å². The molecule has 1 nitrogen and oxygen atoms in total. The van der Waals surface area contributed by atoms with E-state index in [2.05, 4.69) is 0 Å². The molecule has 15 heavy (non-hydrogen) atoms. The highest BCUT2D eigenvalue weighted by atomic mass is 35.5. The van der Waals surface area contributed by atoms with E-state index >= 15 is 0 Å². The molecule has 1 N–H and O–H groups in total. The third-order valence-corrected chi connectivity index (χ3v) is 2.13. The number of benzene rings is 1. The molecule has 82 valence electrons. The quantitative estimate of drug-likeness (QED) is 0.791. The molecule has 0 heterocycles. The minimum Gasteiger partial charge on any atom is -0.391 e. The van der Waals surface area contributed by atoms with Crippen LogP contribution in [0, 0.1) is 11.6 Å². The first kappa shape index (κ1) is 12.1. The number of allylic oxidation sites excluding steroid dienone is 1. The predicted molar refractivity (Wildman–Crippen MR) is 56.7 cm³/mol. The second-order valence-electron chi connectivity index (χ2n) is 3.00. The van der Waals surface area contributed by atoms with Crippen LogP contribution in [0.3, 0.4) is 0 Å². The first-order chi connectivity index (χ1) is 7.19. The molecule has 0 saturated carbocycles. The number of alkyl halides is 1. The average Bonchev–Trinajstić information content (AvgIpc) is 2.18. The van der Waals surface area contributed by atoms with Gasteiger partial charge in [0.05, 0.1) is 6.61 Å². The molecule has 0 atom stereocenters. The van der Waals surface area contributed by atoms with E-state index in [1.54, 1.807) is 12.2 Å². The summed E-state index contributed by atoms with van der Waals surface area (Å²) in [6, 6.07) is 2.36. The van der Waals surface area contributed by atoms with E-state index in [0.29, 0.717) is 17.9 Å². The SMILES string of the molecule is OCc1c(F)cc(C=CCCCl)cc1F. The van der Waals surface area contributed by atoms with Gasteiger partial charge in [0, 0.05) is 11.4 Å². The molecule has 0 saturated heterocycles. The highest BCUT2D eigenvalue weighted by Crippen LogP contribution is 2.16. The van der Waals surface area contributed by atoms with Crippen LogP contribution in [0.2, 0.25) is 0 Å². The summed E-state index contributed by atoms with van der Waals surface area (Å²) < 4.78 is 26.3. The Bertz CT molecular complexity index is 341. The van der Waals surface area contributed by atoms with Crippen LogP contribution in [0.25, 0.3) is 6.08 Å². The van der Waals surface area contributed by atoms with Gasteiger partial charge in [0.1, 0.15) is 11.6 Å². The number of rotatable bonds is 4. The number of aliphatic hydroxyl groups excluding tert-OH is 1. The first-order valence-corrected chi connectivity index (χ1v) is 5.03. The van der Waals surface area contributed by atoms with Gasteiger partial charge in [-0.05, 0) is 24.1 Å². The molecule has 0 fully saturated rings. The highest BCUT2D eigenvalue weighted by molar-refractivity contribution is 6.17. The molecule has 0 aliphatic carbocycles. The Hall–Kier alpha value is -0.930. The predicted octanol–water partition coefficient (Wildman–Crippen LogP) is 3.10. The lowest BCUT2D eigenvalue weighted by molar-refractivity contribution is 0.269. The molecule has 0 unspecified atom stereocenters. The van der Waals surface area contributed by atoms with Gasteiger partial charge in [0.2, 0.25) is 0 Å². The molecule has 0 aliphatic heterocycles. The Morgan fingerprint density at radius 2 is 1.87 bits per heavy atom. The van der Waals surface area contributed by atoms with E-state index in [0.717, 1.165) is 0 Å². The molecule has 1 aromatic rings. The minimum atomic E-state index is -0.733. The van der Waals surface area contributed by atoms with Crippen molar-refractivity contribution in [3.05, 3.63) is 41.0 Å². The van der Waals surface area contributed by atoms with Gasteiger partial charge in [-0.1, -0.05) is 12.2 Å². The lowest BCUT2D eigenvalue weighted by atomic mass is 10.1. The van der Waals surface area contributed by atoms with Crippen LogP contribution < -0.4 is 0 Å². The lowest BCUT2D eigenvalue weighted by Crippen LogP contribution is -1.96. The van der Waals surface area contributed by atoms with Gasteiger partial charge in [-0.2, -0.15) is 0 Å². The molecule has 0 aromatic heterocycles. The molecular formula is C11H11ClF2O. The number of hydrogen-bond donors (Lipinski definition) is 1. The zero-order valence-corrected chi connectivity index (χ0v) is 8.77. The molecule has 0 amide bonds. The van der Waals surface area contributed by atoms with Crippen LogP contribution >= 0.6 is 11.6 Å². The fourth-order valence-electron chi connectivity index (χ4n) is 1.15. The van der Waals surface area contributed by atoms with E-state index in [1.165, 1.54) is 12.1 Å². The van der Waals surface area contributed by atoms with Crippen molar-refractivity contribution in [1.82, 2.24) is 0 Å². The third-order valence-electron chi connectivity index (χ3n) is 1.91. The molecule has 0 radical (unpaired) electrons. The minimum absolute atomic E-state index is 0.301. The van der Waals surface area contributed by atoms with E-state index in [1.807, 2.05) is 0 Å². The van der Waals surface area contributed by atoms with Crippen molar-refractivity contribution < 1.29 is 13.9 Å². The number of halogens is 3. The Kier molecular flexibility index (Phi) is 4.72. The molecule has 1 aromatic carbocycles. The molecular weight excluding hydrogens is 222 g/mol. The molecule has 0 aliphatic rings. The van der Waals surface area contributed by atoms with Crippen LogP contribution in [0.1, 0.15) is 17.5 Å². The Labute approximate surface area is 92.0 Å². The van der Waals surface area contributed by atoms with Gasteiger partial charge in [-0.3, -0.25) is 0 Å². The maximum Gasteiger partial charge on any atom is 0.132 e. The van der Waals surface area contributed by atoms with Crippen molar-refractivity contribution in [2.24, 2.45) is 0 Å². The van der Waals surface area contributed by atoms with Gasteiger partial charge in [-0.15, -0.1) is 11.6 Å².